The Balaban J connectivity index is 1.80. The van der Waals surface area contributed by atoms with Crippen molar-refractivity contribution < 1.29 is 4.74 Å². The van der Waals surface area contributed by atoms with E-state index in [1.807, 2.05) is 6.07 Å². The number of ether oxygens (including phenoxy) is 1. The van der Waals surface area contributed by atoms with E-state index >= 15 is 0 Å². The molecule has 0 aliphatic carbocycles. The van der Waals surface area contributed by atoms with Crippen LogP contribution in [0.25, 0.3) is 0 Å². The first kappa shape index (κ1) is 16.7. The van der Waals surface area contributed by atoms with E-state index in [0.29, 0.717) is 0 Å². The van der Waals surface area contributed by atoms with Crippen LogP contribution in [-0.2, 0) is 6.54 Å². The van der Waals surface area contributed by atoms with E-state index in [1.165, 1.54) is 18.7 Å². The van der Waals surface area contributed by atoms with E-state index in [2.05, 4.69) is 60.9 Å². The van der Waals surface area contributed by atoms with Crippen LogP contribution >= 0.6 is 11.8 Å². The van der Waals surface area contributed by atoms with Crippen LogP contribution in [0.3, 0.4) is 0 Å². The van der Waals surface area contributed by atoms with E-state index in [-0.39, 0.29) is 0 Å². The highest BCUT2D eigenvalue weighted by molar-refractivity contribution is 8.00. The molecule has 0 bridgehead atoms. The summed E-state index contributed by atoms with van der Waals surface area (Å²) >= 11 is 2.10. The molecule has 3 nitrogen and oxygen atoms in total. The average Bonchev–Trinajstić information content (AvgIpc) is 2.45. The summed E-state index contributed by atoms with van der Waals surface area (Å²) in [6.45, 7) is 12.8. The van der Waals surface area contributed by atoms with E-state index in [1.54, 1.807) is 0 Å². The van der Waals surface area contributed by atoms with Crippen LogP contribution in [0.2, 0.25) is 0 Å². The minimum absolute atomic E-state index is 0.731. The molecule has 0 saturated carbocycles. The molecular weight excluding hydrogens is 280 g/mol. The third-order valence-electron chi connectivity index (χ3n) is 3.70. The first-order valence-corrected chi connectivity index (χ1v) is 8.92. The lowest BCUT2D eigenvalue weighted by Gasteiger charge is -2.34. The largest absolute Gasteiger partial charge is 0.492 e. The molecule has 21 heavy (non-hydrogen) atoms. The van der Waals surface area contributed by atoms with Crippen molar-refractivity contribution in [3.63, 3.8) is 0 Å². The number of thioether (sulfide) groups is 1. The fourth-order valence-electron chi connectivity index (χ4n) is 2.80. The molecule has 1 heterocycles. The summed E-state index contributed by atoms with van der Waals surface area (Å²) in [7, 11) is 0. The van der Waals surface area contributed by atoms with Crippen molar-refractivity contribution in [2.45, 2.75) is 37.8 Å². The maximum Gasteiger partial charge on any atom is 0.123 e. The van der Waals surface area contributed by atoms with Crippen LogP contribution < -0.4 is 10.1 Å². The molecule has 2 rings (SSSR count). The summed E-state index contributed by atoms with van der Waals surface area (Å²) < 4.78 is 6.02. The van der Waals surface area contributed by atoms with E-state index < -0.39 is 0 Å². The average molecular weight is 308 g/mol. The molecular formula is C17H28N2OS. The molecule has 1 saturated heterocycles. The highest BCUT2D eigenvalue weighted by Gasteiger charge is 2.21. The summed E-state index contributed by atoms with van der Waals surface area (Å²) in [6.07, 6.45) is 0. The van der Waals surface area contributed by atoms with Gasteiger partial charge >= 0.3 is 0 Å². The van der Waals surface area contributed by atoms with Gasteiger partial charge in [-0.15, -0.1) is 0 Å². The molecule has 0 aromatic heterocycles. The van der Waals surface area contributed by atoms with Crippen molar-refractivity contribution in [3.05, 3.63) is 29.8 Å². The van der Waals surface area contributed by atoms with Crippen LogP contribution in [0.4, 0.5) is 0 Å². The van der Waals surface area contributed by atoms with Gasteiger partial charge in [0.25, 0.3) is 0 Å². The molecule has 1 aliphatic heterocycles. The minimum Gasteiger partial charge on any atom is -0.492 e. The molecule has 0 amide bonds. The van der Waals surface area contributed by atoms with Gasteiger partial charge in [0, 0.05) is 42.2 Å². The normalized spacial score (nSPS) is 23.2. The lowest BCUT2D eigenvalue weighted by molar-refractivity contribution is 0.206. The monoisotopic (exact) mass is 308 g/mol. The van der Waals surface area contributed by atoms with Gasteiger partial charge in [0.15, 0.2) is 0 Å². The smallest absolute Gasteiger partial charge is 0.123 e. The first-order valence-electron chi connectivity index (χ1n) is 7.98. The Hall–Kier alpha value is -0.710. The zero-order chi connectivity index (χ0) is 15.1. The second-order valence-corrected chi connectivity index (χ2v) is 7.64. The minimum atomic E-state index is 0.731. The Kier molecular flexibility index (Phi) is 6.87. The lowest BCUT2D eigenvalue weighted by atomic mass is 10.2. The molecule has 1 fully saturated rings. The topological polar surface area (TPSA) is 24.5 Å². The number of nitrogens with one attached hydrogen (secondary N) is 1. The van der Waals surface area contributed by atoms with Crippen LogP contribution in [0, 0.1) is 0 Å². The second-order valence-electron chi connectivity index (χ2n) is 5.75. The van der Waals surface area contributed by atoms with Gasteiger partial charge < -0.3 is 10.1 Å². The van der Waals surface area contributed by atoms with Gasteiger partial charge in [-0.1, -0.05) is 39.0 Å². The maximum absolute atomic E-state index is 6.02. The zero-order valence-electron chi connectivity index (χ0n) is 13.5. The van der Waals surface area contributed by atoms with Gasteiger partial charge in [-0.2, -0.15) is 11.8 Å². The Morgan fingerprint density at radius 2 is 1.95 bits per heavy atom. The molecule has 2 unspecified atom stereocenters. The maximum atomic E-state index is 6.02. The van der Waals surface area contributed by atoms with Crippen molar-refractivity contribution >= 4 is 11.8 Å². The lowest BCUT2D eigenvalue weighted by Crippen LogP contribution is -2.42. The van der Waals surface area contributed by atoms with Gasteiger partial charge in [0.05, 0.1) is 0 Å². The number of benzene rings is 1. The molecule has 1 N–H and O–H groups in total. The van der Waals surface area contributed by atoms with E-state index in [4.69, 9.17) is 4.74 Å². The Morgan fingerprint density at radius 3 is 2.67 bits per heavy atom. The third kappa shape index (κ3) is 5.53. The van der Waals surface area contributed by atoms with Gasteiger partial charge in [-0.25, -0.2) is 0 Å². The SMILES string of the molecule is CCNCc1ccccc1OCCN1CC(C)SC(C)C1. The Bertz CT molecular complexity index is 417. The second kappa shape index (κ2) is 8.66. The van der Waals surface area contributed by atoms with Crippen molar-refractivity contribution in [3.8, 4) is 5.75 Å². The highest BCUT2D eigenvalue weighted by atomic mass is 32.2. The first-order chi connectivity index (χ1) is 10.2. The van der Waals surface area contributed by atoms with Gasteiger partial charge in [0.1, 0.15) is 12.4 Å². The summed E-state index contributed by atoms with van der Waals surface area (Å²) in [6, 6.07) is 8.33. The summed E-state index contributed by atoms with van der Waals surface area (Å²) in [5, 5.41) is 4.83. The van der Waals surface area contributed by atoms with Crippen molar-refractivity contribution in [1.82, 2.24) is 10.2 Å². The highest BCUT2D eigenvalue weighted by Crippen LogP contribution is 2.24. The van der Waals surface area contributed by atoms with Gasteiger partial charge in [-0.3, -0.25) is 4.90 Å². The van der Waals surface area contributed by atoms with Crippen LogP contribution in [-0.4, -0.2) is 48.2 Å². The number of para-hydroxylation sites is 1. The van der Waals surface area contributed by atoms with Crippen LogP contribution in [0.5, 0.6) is 5.75 Å². The van der Waals surface area contributed by atoms with E-state index in [0.717, 1.165) is 42.5 Å². The van der Waals surface area contributed by atoms with Crippen molar-refractivity contribution in [2.75, 3.05) is 32.8 Å². The van der Waals surface area contributed by atoms with Crippen molar-refractivity contribution in [1.29, 1.82) is 0 Å². The number of hydrogen-bond donors (Lipinski definition) is 1. The standard InChI is InChI=1S/C17H28N2OS/c1-4-18-11-16-7-5-6-8-17(16)20-10-9-19-12-14(2)21-15(3)13-19/h5-8,14-15,18H,4,9-13H2,1-3H3. The number of nitrogens with zero attached hydrogens (tertiary/aromatic N) is 1. The zero-order valence-corrected chi connectivity index (χ0v) is 14.3. The quantitative estimate of drug-likeness (QED) is 0.837. The summed E-state index contributed by atoms with van der Waals surface area (Å²) in [5.74, 6) is 1.02. The summed E-state index contributed by atoms with van der Waals surface area (Å²) in [5.41, 5.74) is 1.25. The Labute approximate surface area is 133 Å². The van der Waals surface area contributed by atoms with Crippen LogP contribution in [0.15, 0.2) is 24.3 Å². The molecule has 0 radical (unpaired) electrons. The molecule has 1 aromatic rings. The predicted octanol–water partition coefficient (Wildman–Crippen LogP) is 3.00. The van der Waals surface area contributed by atoms with Crippen molar-refractivity contribution in [2.24, 2.45) is 0 Å². The fraction of sp³-hybridized carbons (Fsp3) is 0.647. The van der Waals surface area contributed by atoms with Crippen LogP contribution in [0.1, 0.15) is 26.3 Å². The molecule has 1 aromatic carbocycles. The van der Waals surface area contributed by atoms with E-state index in [9.17, 15) is 0 Å². The van der Waals surface area contributed by atoms with Gasteiger partial charge in [-0.05, 0) is 12.6 Å². The number of hydrogen-bond acceptors (Lipinski definition) is 4. The molecule has 2 atom stereocenters. The predicted molar refractivity (Wildman–Crippen MR) is 92.3 cm³/mol. The third-order valence-corrected chi connectivity index (χ3v) is 4.93. The Morgan fingerprint density at radius 1 is 1.24 bits per heavy atom. The number of rotatable bonds is 7. The fourth-order valence-corrected chi connectivity index (χ4v) is 4.19. The molecule has 118 valence electrons. The summed E-state index contributed by atoms with van der Waals surface area (Å²) in [4.78, 5) is 2.53. The molecule has 0 spiro atoms. The molecule has 4 heteroatoms. The van der Waals surface area contributed by atoms with Gasteiger partial charge in [0.2, 0.25) is 0 Å². The molecule has 1 aliphatic rings.